The maximum atomic E-state index is 11.9. The molecule has 0 saturated heterocycles. The van der Waals surface area contributed by atoms with Crippen molar-refractivity contribution in [3.05, 3.63) is 34.3 Å². The molecule has 0 bridgehead atoms. The molecule has 1 aromatic carbocycles. The van der Waals surface area contributed by atoms with E-state index in [2.05, 4.69) is 21.2 Å². The van der Waals surface area contributed by atoms with Gasteiger partial charge in [0.05, 0.1) is 13.0 Å². The third kappa shape index (κ3) is 4.96. The first kappa shape index (κ1) is 16.2. The zero-order valence-corrected chi connectivity index (χ0v) is 13.2. The van der Waals surface area contributed by atoms with E-state index in [0.717, 1.165) is 22.9 Å². The van der Waals surface area contributed by atoms with Crippen LogP contribution in [0.4, 0.5) is 0 Å². The molecule has 4 heteroatoms. The molecule has 0 heterocycles. The molecule has 1 aromatic rings. The summed E-state index contributed by atoms with van der Waals surface area (Å²) in [6.45, 7) is 4.72. The standard InChI is InChI=1S/C15H22BrNO2/c1-3-15(4-2,11-18)10-17-14(19)9-12-6-5-7-13(16)8-12/h5-8,18H,3-4,9-11H2,1-2H3,(H,17,19). The van der Waals surface area contributed by atoms with Crippen molar-refractivity contribution < 1.29 is 9.90 Å². The van der Waals surface area contributed by atoms with Gasteiger partial charge in [0, 0.05) is 16.4 Å². The summed E-state index contributed by atoms with van der Waals surface area (Å²) in [6.07, 6.45) is 2.09. The van der Waals surface area contributed by atoms with E-state index >= 15 is 0 Å². The van der Waals surface area contributed by atoms with Crippen LogP contribution in [-0.4, -0.2) is 24.2 Å². The van der Waals surface area contributed by atoms with E-state index in [4.69, 9.17) is 0 Å². The van der Waals surface area contributed by atoms with Gasteiger partial charge in [0.1, 0.15) is 0 Å². The van der Waals surface area contributed by atoms with E-state index in [1.165, 1.54) is 0 Å². The van der Waals surface area contributed by atoms with Crippen molar-refractivity contribution in [1.29, 1.82) is 0 Å². The maximum absolute atomic E-state index is 11.9. The number of aliphatic hydroxyl groups is 1. The number of halogens is 1. The van der Waals surface area contributed by atoms with Crippen molar-refractivity contribution in [1.82, 2.24) is 5.32 Å². The molecule has 0 aliphatic carbocycles. The molecule has 19 heavy (non-hydrogen) atoms. The lowest BCUT2D eigenvalue weighted by molar-refractivity contribution is -0.121. The largest absolute Gasteiger partial charge is 0.396 e. The van der Waals surface area contributed by atoms with Crippen LogP contribution in [0, 0.1) is 5.41 Å². The van der Waals surface area contributed by atoms with Gasteiger partial charge in [-0.3, -0.25) is 4.79 Å². The lowest BCUT2D eigenvalue weighted by Crippen LogP contribution is -2.39. The summed E-state index contributed by atoms with van der Waals surface area (Å²) < 4.78 is 0.977. The number of nitrogens with one attached hydrogen (secondary N) is 1. The zero-order valence-electron chi connectivity index (χ0n) is 11.6. The number of rotatable bonds is 7. The second-order valence-electron chi connectivity index (χ2n) is 4.95. The van der Waals surface area contributed by atoms with Gasteiger partial charge >= 0.3 is 0 Å². The summed E-state index contributed by atoms with van der Waals surface area (Å²) in [6, 6.07) is 7.73. The highest BCUT2D eigenvalue weighted by Gasteiger charge is 2.25. The van der Waals surface area contributed by atoms with Crippen LogP contribution in [0.1, 0.15) is 32.3 Å². The molecule has 106 valence electrons. The molecule has 2 N–H and O–H groups in total. The molecule has 0 saturated carbocycles. The molecule has 0 unspecified atom stereocenters. The van der Waals surface area contributed by atoms with E-state index in [1.807, 2.05) is 38.1 Å². The van der Waals surface area contributed by atoms with Crippen molar-refractivity contribution in [2.24, 2.45) is 5.41 Å². The van der Waals surface area contributed by atoms with Crippen LogP contribution in [0.2, 0.25) is 0 Å². The fraction of sp³-hybridized carbons (Fsp3) is 0.533. The normalized spacial score (nSPS) is 11.4. The molecule has 0 aromatic heterocycles. The third-order valence-electron chi connectivity index (χ3n) is 3.75. The van der Waals surface area contributed by atoms with E-state index < -0.39 is 0 Å². The minimum atomic E-state index is -0.188. The Labute approximate surface area is 123 Å². The van der Waals surface area contributed by atoms with Gasteiger partial charge in [-0.2, -0.15) is 0 Å². The third-order valence-corrected chi connectivity index (χ3v) is 4.24. The molecular weight excluding hydrogens is 306 g/mol. The Morgan fingerprint density at radius 1 is 1.37 bits per heavy atom. The van der Waals surface area contributed by atoms with E-state index in [1.54, 1.807) is 0 Å². The number of carbonyl (C=O) groups excluding carboxylic acids is 1. The molecule has 1 amide bonds. The summed E-state index contributed by atoms with van der Waals surface area (Å²) in [5.74, 6) is -0.00201. The fourth-order valence-electron chi connectivity index (χ4n) is 1.96. The van der Waals surface area contributed by atoms with Crippen LogP contribution in [0.5, 0.6) is 0 Å². The molecule has 0 spiro atoms. The van der Waals surface area contributed by atoms with Crippen LogP contribution >= 0.6 is 15.9 Å². The van der Waals surface area contributed by atoms with Crippen LogP contribution in [0.25, 0.3) is 0 Å². The number of hydrogen-bond acceptors (Lipinski definition) is 2. The van der Waals surface area contributed by atoms with Crippen molar-refractivity contribution >= 4 is 21.8 Å². The highest BCUT2D eigenvalue weighted by molar-refractivity contribution is 9.10. The first-order valence-electron chi connectivity index (χ1n) is 6.67. The van der Waals surface area contributed by atoms with Gasteiger partial charge < -0.3 is 10.4 Å². The number of amides is 1. The maximum Gasteiger partial charge on any atom is 0.224 e. The number of aliphatic hydroxyl groups excluding tert-OH is 1. The minimum absolute atomic E-state index is 0.00201. The highest BCUT2D eigenvalue weighted by atomic mass is 79.9. The Morgan fingerprint density at radius 2 is 2.05 bits per heavy atom. The summed E-state index contributed by atoms with van der Waals surface area (Å²) >= 11 is 3.39. The lowest BCUT2D eigenvalue weighted by atomic mass is 9.83. The minimum Gasteiger partial charge on any atom is -0.396 e. The van der Waals surface area contributed by atoms with Gasteiger partial charge in [0.15, 0.2) is 0 Å². The predicted molar refractivity (Wildman–Crippen MR) is 81.0 cm³/mol. The average Bonchev–Trinajstić information content (AvgIpc) is 2.41. The second kappa shape index (κ2) is 7.65. The Kier molecular flexibility index (Phi) is 6.52. The van der Waals surface area contributed by atoms with Crippen LogP contribution in [0.15, 0.2) is 28.7 Å². The van der Waals surface area contributed by atoms with Gasteiger partial charge in [-0.25, -0.2) is 0 Å². The SMILES string of the molecule is CCC(CC)(CO)CNC(=O)Cc1cccc(Br)c1. The van der Waals surface area contributed by atoms with Crippen molar-refractivity contribution in [2.45, 2.75) is 33.1 Å². The summed E-state index contributed by atoms with van der Waals surface area (Å²) in [4.78, 5) is 11.9. The summed E-state index contributed by atoms with van der Waals surface area (Å²) in [5, 5.41) is 12.4. The van der Waals surface area contributed by atoms with Crippen LogP contribution in [-0.2, 0) is 11.2 Å². The Hall–Kier alpha value is -0.870. The monoisotopic (exact) mass is 327 g/mol. The van der Waals surface area contributed by atoms with E-state index in [0.29, 0.717) is 13.0 Å². The smallest absolute Gasteiger partial charge is 0.224 e. The Morgan fingerprint density at radius 3 is 2.58 bits per heavy atom. The molecule has 1 rings (SSSR count). The topological polar surface area (TPSA) is 49.3 Å². The lowest BCUT2D eigenvalue weighted by Gasteiger charge is -2.29. The summed E-state index contributed by atoms with van der Waals surface area (Å²) in [5.41, 5.74) is 0.793. The van der Waals surface area contributed by atoms with Gasteiger partial charge in [0.25, 0.3) is 0 Å². The van der Waals surface area contributed by atoms with Gasteiger partial charge in [-0.1, -0.05) is 41.9 Å². The zero-order chi connectivity index (χ0) is 14.3. The van der Waals surface area contributed by atoms with Gasteiger partial charge in [0.2, 0.25) is 5.91 Å². The van der Waals surface area contributed by atoms with Gasteiger partial charge in [-0.05, 0) is 30.5 Å². The fourth-order valence-corrected chi connectivity index (χ4v) is 2.41. The van der Waals surface area contributed by atoms with E-state index in [-0.39, 0.29) is 17.9 Å². The molecule has 0 aliphatic rings. The number of benzene rings is 1. The number of carbonyl (C=O) groups is 1. The van der Waals surface area contributed by atoms with Gasteiger partial charge in [-0.15, -0.1) is 0 Å². The van der Waals surface area contributed by atoms with Crippen molar-refractivity contribution in [3.63, 3.8) is 0 Å². The average molecular weight is 328 g/mol. The van der Waals surface area contributed by atoms with Crippen LogP contribution in [0.3, 0.4) is 0 Å². The number of hydrogen-bond donors (Lipinski definition) is 2. The Bertz CT molecular complexity index is 408. The molecule has 3 nitrogen and oxygen atoms in total. The molecular formula is C15H22BrNO2. The first-order valence-corrected chi connectivity index (χ1v) is 7.46. The summed E-state index contributed by atoms with van der Waals surface area (Å²) in [7, 11) is 0. The van der Waals surface area contributed by atoms with Crippen molar-refractivity contribution in [3.8, 4) is 0 Å². The molecule has 0 aliphatic heterocycles. The molecule has 0 fully saturated rings. The van der Waals surface area contributed by atoms with Crippen molar-refractivity contribution in [2.75, 3.05) is 13.2 Å². The second-order valence-corrected chi connectivity index (χ2v) is 5.86. The first-order chi connectivity index (χ1) is 9.05. The highest BCUT2D eigenvalue weighted by Crippen LogP contribution is 2.24. The quantitative estimate of drug-likeness (QED) is 0.809. The Balaban J connectivity index is 2.52. The van der Waals surface area contributed by atoms with Crippen LogP contribution < -0.4 is 5.32 Å². The molecule has 0 atom stereocenters. The predicted octanol–water partition coefficient (Wildman–Crippen LogP) is 2.91. The molecule has 0 radical (unpaired) electrons. The van der Waals surface area contributed by atoms with E-state index in [9.17, 15) is 9.90 Å².